The quantitative estimate of drug-likeness (QED) is 0.611. The molecule has 0 bridgehead atoms. The van der Waals surface area contributed by atoms with Crippen LogP contribution in [0, 0.1) is 6.92 Å². The minimum absolute atomic E-state index is 0.121. The topological polar surface area (TPSA) is 109 Å². The average Bonchev–Trinajstić information content (AvgIpc) is 3.21. The molecule has 0 unspecified atom stereocenters. The summed E-state index contributed by atoms with van der Waals surface area (Å²) in [5, 5.41) is 9.29. The van der Waals surface area contributed by atoms with E-state index in [4.69, 9.17) is 14.0 Å². The van der Waals surface area contributed by atoms with E-state index in [0.29, 0.717) is 41.9 Å². The first-order valence-corrected chi connectivity index (χ1v) is 10.7. The van der Waals surface area contributed by atoms with E-state index < -0.39 is 6.03 Å². The number of carbonyl (C=O) groups excluding carboxylic acids is 2. The molecule has 2 heterocycles. The third kappa shape index (κ3) is 6.61. The first-order chi connectivity index (χ1) is 15.5. The largest absolute Gasteiger partial charge is 0.497 e. The molecule has 10 heteroatoms. The summed E-state index contributed by atoms with van der Waals surface area (Å²) < 4.78 is 15.6. The van der Waals surface area contributed by atoms with E-state index in [2.05, 4.69) is 20.7 Å². The van der Waals surface area contributed by atoms with Gasteiger partial charge in [-0.1, -0.05) is 11.6 Å². The Bertz CT molecular complexity index is 910. The number of hydrogen-bond acceptors (Lipinski definition) is 7. The highest BCUT2D eigenvalue weighted by Crippen LogP contribution is 2.29. The predicted molar refractivity (Wildman–Crippen MR) is 120 cm³/mol. The van der Waals surface area contributed by atoms with Gasteiger partial charge in [0.1, 0.15) is 23.8 Å². The summed E-state index contributed by atoms with van der Waals surface area (Å²) in [6, 6.07) is 6.36. The average molecular weight is 446 g/mol. The van der Waals surface area contributed by atoms with Crippen molar-refractivity contribution < 1.29 is 23.6 Å². The molecule has 0 aliphatic carbocycles. The van der Waals surface area contributed by atoms with Crippen molar-refractivity contribution in [1.29, 1.82) is 0 Å². The fraction of sp³-hybridized carbons (Fsp3) is 0.500. The molecule has 1 aliphatic rings. The van der Waals surface area contributed by atoms with Crippen molar-refractivity contribution in [1.82, 2.24) is 15.0 Å². The first-order valence-electron chi connectivity index (χ1n) is 10.7. The SMILES string of the molecule is COc1ccc(NC(=O)N(CCN2CCCCC2)CC(=O)Nc2cc(C)on2)c(OC)c1. The van der Waals surface area contributed by atoms with Crippen LogP contribution in [0.15, 0.2) is 28.8 Å². The van der Waals surface area contributed by atoms with Gasteiger partial charge in [0.05, 0.1) is 19.9 Å². The van der Waals surface area contributed by atoms with Crippen LogP contribution in [0.4, 0.5) is 16.3 Å². The summed E-state index contributed by atoms with van der Waals surface area (Å²) in [4.78, 5) is 29.5. The van der Waals surface area contributed by atoms with Crippen molar-refractivity contribution in [3.8, 4) is 11.5 Å². The Morgan fingerprint density at radius 2 is 1.91 bits per heavy atom. The zero-order chi connectivity index (χ0) is 22.9. The molecule has 1 saturated heterocycles. The summed E-state index contributed by atoms with van der Waals surface area (Å²) >= 11 is 0. The van der Waals surface area contributed by atoms with Crippen LogP contribution in [0.2, 0.25) is 0 Å². The number of anilines is 2. The van der Waals surface area contributed by atoms with E-state index in [1.54, 1.807) is 38.3 Å². The second-order valence-electron chi connectivity index (χ2n) is 7.69. The number of aryl methyl sites for hydroxylation is 1. The molecule has 2 N–H and O–H groups in total. The Labute approximate surface area is 187 Å². The fourth-order valence-corrected chi connectivity index (χ4v) is 3.57. The van der Waals surface area contributed by atoms with Gasteiger partial charge in [-0.3, -0.25) is 4.79 Å². The third-order valence-electron chi connectivity index (χ3n) is 5.30. The maximum atomic E-state index is 13.1. The van der Waals surface area contributed by atoms with Crippen molar-refractivity contribution in [2.24, 2.45) is 0 Å². The fourth-order valence-electron chi connectivity index (χ4n) is 3.57. The molecule has 10 nitrogen and oxygen atoms in total. The number of benzene rings is 1. The van der Waals surface area contributed by atoms with Crippen molar-refractivity contribution in [2.75, 3.05) is 57.6 Å². The number of carbonyl (C=O) groups is 2. The van der Waals surface area contributed by atoms with Crippen molar-refractivity contribution in [3.05, 3.63) is 30.0 Å². The molecular formula is C22H31N5O5. The number of aromatic nitrogens is 1. The zero-order valence-electron chi connectivity index (χ0n) is 18.8. The van der Waals surface area contributed by atoms with Crippen LogP contribution in [-0.2, 0) is 4.79 Å². The second-order valence-corrected chi connectivity index (χ2v) is 7.69. The number of nitrogens with zero attached hydrogens (tertiary/aromatic N) is 3. The van der Waals surface area contributed by atoms with Gasteiger partial charge in [-0.2, -0.15) is 0 Å². The Morgan fingerprint density at radius 1 is 1.12 bits per heavy atom. The molecule has 1 fully saturated rings. The van der Waals surface area contributed by atoms with E-state index in [1.807, 2.05) is 0 Å². The highest BCUT2D eigenvalue weighted by Gasteiger charge is 2.21. The summed E-state index contributed by atoms with van der Waals surface area (Å²) in [7, 11) is 3.08. The van der Waals surface area contributed by atoms with Crippen LogP contribution >= 0.6 is 0 Å². The number of rotatable bonds is 9. The Kier molecular flexibility index (Phi) is 8.32. The smallest absolute Gasteiger partial charge is 0.322 e. The van der Waals surface area contributed by atoms with Crippen molar-refractivity contribution >= 4 is 23.4 Å². The molecule has 0 radical (unpaired) electrons. The normalized spacial score (nSPS) is 14.0. The lowest BCUT2D eigenvalue weighted by molar-refractivity contribution is -0.116. The van der Waals surface area contributed by atoms with E-state index >= 15 is 0 Å². The van der Waals surface area contributed by atoms with Gasteiger partial charge in [-0.15, -0.1) is 0 Å². The number of likely N-dealkylation sites (tertiary alicyclic amines) is 1. The van der Waals surface area contributed by atoms with Gasteiger partial charge in [0.25, 0.3) is 0 Å². The molecule has 1 aliphatic heterocycles. The Balaban J connectivity index is 1.68. The summed E-state index contributed by atoms with van der Waals surface area (Å²) in [5.74, 6) is 1.64. The minimum atomic E-state index is -0.392. The molecule has 174 valence electrons. The number of urea groups is 1. The maximum absolute atomic E-state index is 13.1. The summed E-state index contributed by atoms with van der Waals surface area (Å²) in [6.45, 7) is 4.74. The maximum Gasteiger partial charge on any atom is 0.322 e. The number of piperidine rings is 1. The molecule has 0 saturated carbocycles. The zero-order valence-corrected chi connectivity index (χ0v) is 18.8. The Morgan fingerprint density at radius 3 is 2.56 bits per heavy atom. The number of amides is 3. The van der Waals surface area contributed by atoms with Crippen LogP contribution in [-0.4, -0.2) is 73.8 Å². The number of methoxy groups -OCH3 is 2. The lowest BCUT2D eigenvalue weighted by Gasteiger charge is -2.30. The van der Waals surface area contributed by atoms with Gasteiger partial charge in [-0.25, -0.2) is 4.79 Å². The lowest BCUT2D eigenvalue weighted by atomic mass is 10.1. The predicted octanol–water partition coefficient (Wildman–Crippen LogP) is 2.96. The molecule has 0 spiro atoms. The first kappa shape index (κ1) is 23.4. The molecule has 3 rings (SSSR count). The van der Waals surface area contributed by atoms with E-state index in [-0.39, 0.29) is 12.5 Å². The van der Waals surface area contributed by atoms with Gasteiger partial charge >= 0.3 is 6.03 Å². The van der Waals surface area contributed by atoms with Crippen LogP contribution in [0.3, 0.4) is 0 Å². The van der Waals surface area contributed by atoms with E-state index in [9.17, 15) is 9.59 Å². The minimum Gasteiger partial charge on any atom is -0.497 e. The molecule has 1 aromatic carbocycles. The van der Waals surface area contributed by atoms with Crippen LogP contribution in [0.25, 0.3) is 0 Å². The molecule has 1 aromatic heterocycles. The summed E-state index contributed by atoms with van der Waals surface area (Å²) in [5.41, 5.74) is 0.494. The lowest BCUT2D eigenvalue weighted by Crippen LogP contribution is -2.45. The Hall–Kier alpha value is -3.27. The highest BCUT2D eigenvalue weighted by molar-refractivity contribution is 5.97. The molecule has 2 aromatic rings. The third-order valence-corrected chi connectivity index (χ3v) is 5.30. The molecule has 3 amide bonds. The van der Waals surface area contributed by atoms with Crippen molar-refractivity contribution in [2.45, 2.75) is 26.2 Å². The van der Waals surface area contributed by atoms with E-state index in [1.165, 1.54) is 18.4 Å². The van der Waals surface area contributed by atoms with Gasteiger partial charge in [-0.05, 0) is 45.0 Å². The summed E-state index contributed by atoms with van der Waals surface area (Å²) in [6.07, 6.45) is 3.54. The molecule has 0 atom stereocenters. The van der Waals surface area contributed by atoms with Gasteiger partial charge in [0.15, 0.2) is 5.82 Å². The van der Waals surface area contributed by atoms with Gasteiger partial charge in [0.2, 0.25) is 5.91 Å². The van der Waals surface area contributed by atoms with Gasteiger partial charge in [0, 0.05) is 25.2 Å². The second kappa shape index (κ2) is 11.4. The number of nitrogens with one attached hydrogen (secondary N) is 2. The number of ether oxygens (including phenoxy) is 2. The highest BCUT2D eigenvalue weighted by atomic mass is 16.5. The molecule has 32 heavy (non-hydrogen) atoms. The van der Waals surface area contributed by atoms with E-state index in [0.717, 1.165) is 25.9 Å². The van der Waals surface area contributed by atoms with Crippen LogP contribution in [0.1, 0.15) is 25.0 Å². The standard InChI is InChI=1S/C22H31N5O5/c1-16-13-20(25-32-16)24-21(28)15-27(12-11-26-9-5-4-6-10-26)22(29)23-18-8-7-17(30-2)14-19(18)31-3/h7-8,13-14H,4-6,9-12,15H2,1-3H3,(H,23,29)(H,24,25,28). The van der Waals surface area contributed by atoms with Crippen LogP contribution in [0.5, 0.6) is 11.5 Å². The van der Waals surface area contributed by atoms with Crippen molar-refractivity contribution in [3.63, 3.8) is 0 Å². The number of hydrogen-bond donors (Lipinski definition) is 2. The van der Waals surface area contributed by atoms with Crippen LogP contribution < -0.4 is 20.1 Å². The molecular weight excluding hydrogens is 414 g/mol. The van der Waals surface area contributed by atoms with Gasteiger partial charge < -0.3 is 34.4 Å². The monoisotopic (exact) mass is 445 g/mol.